The molecule has 110 valence electrons. The van der Waals surface area contributed by atoms with Crippen molar-refractivity contribution in [1.29, 1.82) is 0 Å². The summed E-state index contributed by atoms with van der Waals surface area (Å²) in [4.78, 5) is 7.43. The van der Waals surface area contributed by atoms with Gasteiger partial charge < -0.3 is 4.98 Å². The van der Waals surface area contributed by atoms with Gasteiger partial charge in [-0.3, -0.25) is 0 Å². The van der Waals surface area contributed by atoms with Crippen LogP contribution in [0.1, 0.15) is 40.2 Å². The zero-order valence-corrected chi connectivity index (χ0v) is 13.6. The summed E-state index contributed by atoms with van der Waals surface area (Å²) < 4.78 is 14.5. The molecule has 20 heavy (non-hydrogen) atoms. The molecule has 0 aliphatic heterocycles. The van der Waals surface area contributed by atoms with Crippen LogP contribution in [-0.2, 0) is 6.42 Å². The SMILES string of the molecule is CCc1c[nH]c(N=C(C=C(C)C(C)C)C(C)F)cc1=S. The quantitative estimate of drug-likeness (QED) is 0.576. The van der Waals surface area contributed by atoms with E-state index >= 15 is 0 Å². The number of nitrogens with one attached hydrogen (secondary N) is 1. The van der Waals surface area contributed by atoms with E-state index in [9.17, 15) is 4.39 Å². The van der Waals surface area contributed by atoms with Gasteiger partial charge in [0.25, 0.3) is 0 Å². The third-order valence-electron chi connectivity index (χ3n) is 3.30. The van der Waals surface area contributed by atoms with Gasteiger partial charge >= 0.3 is 0 Å². The van der Waals surface area contributed by atoms with Crippen molar-refractivity contribution < 1.29 is 4.39 Å². The molecular weight excluding hydrogens is 271 g/mol. The summed E-state index contributed by atoms with van der Waals surface area (Å²) >= 11 is 5.29. The normalized spacial score (nSPS) is 14.8. The number of halogens is 1. The third kappa shape index (κ3) is 4.67. The molecule has 1 rings (SSSR count). The minimum absolute atomic E-state index is 0.375. The maximum absolute atomic E-state index is 13.7. The Kier molecular flexibility index (Phi) is 6.27. The van der Waals surface area contributed by atoms with Crippen LogP contribution < -0.4 is 0 Å². The number of allylic oxidation sites excluding steroid dienone is 2. The molecule has 0 spiro atoms. The Labute approximate surface area is 125 Å². The van der Waals surface area contributed by atoms with Crippen LogP contribution in [-0.4, -0.2) is 16.9 Å². The average Bonchev–Trinajstić information content (AvgIpc) is 2.37. The third-order valence-corrected chi connectivity index (χ3v) is 3.68. The van der Waals surface area contributed by atoms with Crippen molar-refractivity contribution in [1.82, 2.24) is 4.98 Å². The molecule has 0 bridgehead atoms. The number of hydrogen-bond acceptors (Lipinski definition) is 2. The Balaban J connectivity index is 3.18. The van der Waals surface area contributed by atoms with Gasteiger partial charge in [0.2, 0.25) is 0 Å². The molecular formula is C16H23FN2S. The van der Waals surface area contributed by atoms with Crippen LogP contribution in [0, 0.1) is 10.4 Å². The van der Waals surface area contributed by atoms with Gasteiger partial charge in [-0.2, -0.15) is 0 Å². The maximum Gasteiger partial charge on any atom is 0.139 e. The number of hydrogen-bond donors (Lipinski definition) is 1. The minimum atomic E-state index is -1.11. The van der Waals surface area contributed by atoms with E-state index in [1.165, 1.54) is 6.92 Å². The molecule has 1 N–H and O–H groups in total. The fourth-order valence-corrected chi connectivity index (χ4v) is 1.92. The molecule has 1 heterocycles. The highest BCUT2D eigenvalue weighted by molar-refractivity contribution is 7.71. The summed E-state index contributed by atoms with van der Waals surface area (Å²) in [6.07, 6.45) is 3.43. The molecule has 1 unspecified atom stereocenters. The van der Waals surface area contributed by atoms with Gasteiger partial charge in [0.05, 0.1) is 5.71 Å². The van der Waals surface area contributed by atoms with Gasteiger partial charge in [-0.25, -0.2) is 9.38 Å². The van der Waals surface area contributed by atoms with E-state index in [2.05, 4.69) is 23.8 Å². The standard InChI is InChI=1S/C16H23FN2S/c1-6-13-9-18-16(8-15(13)20)19-14(12(5)17)7-11(4)10(2)3/h7-10,12H,6H2,1-5H3,(H,18,20). The van der Waals surface area contributed by atoms with Gasteiger partial charge in [-0.15, -0.1) is 0 Å². The largest absolute Gasteiger partial charge is 0.346 e. The lowest BCUT2D eigenvalue weighted by atomic mass is 10.0. The van der Waals surface area contributed by atoms with Crippen LogP contribution in [0.15, 0.2) is 28.9 Å². The number of aromatic nitrogens is 1. The summed E-state index contributed by atoms with van der Waals surface area (Å²) in [5, 5.41) is 0. The van der Waals surface area contributed by atoms with Crippen molar-refractivity contribution in [3.05, 3.63) is 34.0 Å². The topological polar surface area (TPSA) is 28.1 Å². The predicted molar refractivity (Wildman–Crippen MR) is 87.3 cm³/mol. The Morgan fingerprint density at radius 3 is 2.55 bits per heavy atom. The van der Waals surface area contributed by atoms with Crippen molar-refractivity contribution in [2.45, 2.75) is 47.2 Å². The Hall–Kier alpha value is -1.29. The van der Waals surface area contributed by atoms with Crippen LogP contribution in [0.25, 0.3) is 0 Å². The highest BCUT2D eigenvalue weighted by Crippen LogP contribution is 2.16. The van der Waals surface area contributed by atoms with Crippen LogP contribution in [0.4, 0.5) is 10.2 Å². The molecule has 0 aliphatic carbocycles. The zero-order chi connectivity index (χ0) is 15.3. The number of H-pyrrole nitrogens is 1. The number of alkyl halides is 1. The summed E-state index contributed by atoms with van der Waals surface area (Å²) in [6, 6.07) is 1.79. The van der Waals surface area contributed by atoms with Crippen molar-refractivity contribution in [2.75, 3.05) is 0 Å². The molecule has 1 atom stereocenters. The van der Waals surface area contributed by atoms with Crippen LogP contribution in [0.5, 0.6) is 0 Å². The first kappa shape index (κ1) is 16.8. The van der Waals surface area contributed by atoms with Gasteiger partial charge in [-0.1, -0.05) is 38.6 Å². The molecule has 0 saturated heterocycles. The number of aromatic amines is 1. The fourth-order valence-electron chi connectivity index (χ4n) is 1.61. The summed E-state index contributed by atoms with van der Waals surface area (Å²) in [6.45, 7) is 9.69. The van der Waals surface area contributed by atoms with E-state index in [1.807, 2.05) is 26.1 Å². The molecule has 1 aromatic rings. The molecule has 0 saturated carbocycles. The van der Waals surface area contributed by atoms with Crippen LogP contribution in [0.2, 0.25) is 0 Å². The zero-order valence-electron chi connectivity index (χ0n) is 12.8. The average molecular weight is 294 g/mol. The second kappa shape index (κ2) is 7.48. The van der Waals surface area contributed by atoms with Crippen molar-refractivity contribution >= 4 is 23.7 Å². The smallest absolute Gasteiger partial charge is 0.139 e. The van der Waals surface area contributed by atoms with Gasteiger partial charge in [0.1, 0.15) is 12.0 Å². The molecule has 0 aliphatic rings. The predicted octanol–water partition coefficient (Wildman–Crippen LogP) is 5.34. The number of aliphatic imine (C=N–C) groups is 1. The van der Waals surface area contributed by atoms with Crippen molar-refractivity contribution in [3.63, 3.8) is 0 Å². The van der Waals surface area contributed by atoms with Gasteiger partial charge in [0.15, 0.2) is 0 Å². The second-order valence-corrected chi connectivity index (χ2v) is 5.70. The maximum atomic E-state index is 13.7. The van der Waals surface area contributed by atoms with E-state index < -0.39 is 6.17 Å². The first-order chi connectivity index (χ1) is 9.35. The molecule has 4 heteroatoms. The van der Waals surface area contributed by atoms with Crippen LogP contribution in [0.3, 0.4) is 0 Å². The van der Waals surface area contributed by atoms with E-state index in [-0.39, 0.29) is 0 Å². The lowest BCUT2D eigenvalue weighted by molar-refractivity contribution is 0.455. The summed E-state index contributed by atoms with van der Waals surface area (Å²) in [5.41, 5.74) is 2.60. The van der Waals surface area contributed by atoms with E-state index in [1.54, 1.807) is 6.07 Å². The molecule has 0 aromatic carbocycles. The highest BCUT2D eigenvalue weighted by atomic mass is 32.1. The molecule has 0 amide bonds. The molecule has 0 fully saturated rings. The van der Waals surface area contributed by atoms with E-state index in [4.69, 9.17) is 12.2 Å². The lowest BCUT2D eigenvalue weighted by Gasteiger charge is -2.09. The monoisotopic (exact) mass is 294 g/mol. The van der Waals surface area contributed by atoms with Crippen LogP contribution >= 0.6 is 12.2 Å². The summed E-state index contributed by atoms with van der Waals surface area (Å²) in [5.74, 6) is 0.972. The van der Waals surface area contributed by atoms with E-state index in [0.717, 1.165) is 22.1 Å². The Morgan fingerprint density at radius 2 is 2.10 bits per heavy atom. The number of nitrogens with zero attached hydrogens (tertiary/aromatic N) is 1. The van der Waals surface area contributed by atoms with Crippen molar-refractivity contribution in [3.8, 4) is 0 Å². The highest BCUT2D eigenvalue weighted by Gasteiger charge is 2.09. The molecule has 1 aromatic heterocycles. The Morgan fingerprint density at radius 1 is 1.45 bits per heavy atom. The summed E-state index contributed by atoms with van der Waals surface area (Å²) in [7, 11) is 0. The number of rotatable bonds is 5. The second-order valence-electron chi connectivity index (χ2n) is 5.26. The Bertz CT molecular complexity index is 568. The van der Waals surface area contributed by atoms with Gasteiger partial charge in [-0.05, 0) is 43.9 Å². The molecule has 2 nitrogen and oxygen atoms in total. The fraction of sp³-hybridized carbons (Fsp3) is 0.500. The number of pyridine rings is 1. The minimum Gasteiger partial charge on any atom is -0.346 e. The first-order valence-corrected chi connectivity index (χ1v) is 7.38. The van der Waals surface area contributed by atoms with E-state index in [0.29, 0.717) is 17.4 Å². The van der Waals surface area contributed by atoms with Crippen molar-refractivity contribution in [2.24, 2.45) is 10.9 Å². The lowest BCUT2D eigenvalue weighted by Crippen LogP contribution is -2.10. The molecule has 0 radical (unpaired) electrons. The number of aryl methyl sites for hydroxylation is 1. The van der Waals surface area contributed by atoms with Gasteiger partial charge in [0, 0.05) is 10.7 Å². The first-order valence-electron chi connectivity index (χ1n) is 6.97.